The van der Waals surface area contributed by atoms with E-state index >= 15 is 0 Å². The lowest BCUT2D eigenvalue weighted by Gasteiger charge is -2.34. The summed E-state index contributed by atoms with van der Waals surface area (Å²) < 4.78 is 0. The largest absolute Gasteiger partial charge is 0.358 e. The highest BCUT2D eigenvalue weighted by atomic mass is 35.5. The molecule has 1 amide bonds. The molecule has 0 aliphatic carbocycles. The maximum atomic E-state index is 12.1. The van der Waals surface area contributed by atoms with Crippen LogP contribution in [0, 0.1) is 6.92 Å². The molecule has 0 radical (unpaired) electrons. The van der Waals surface area contributed by atoms with E-state index in [1.807, 2.05) is 12.1 Å². The number of aromatic nitrogens is 1. The fourth-order valence-corrected chi connectivity index (χ4v) is 3.60. The van der Waals surface area contributed by atoms with E-state index in [4.69, 9.17) is 11.6 Å². The molecule has 2 heterocycles. The van der Waals surface area contributed by atoms with E-state index < -0.39 is 0 Å². The van der Waals surface area contributed by atoms with E-state index in [-0.39, 0.29) is 11.9 Å². The molecule has 1 fully saturated rings. The summed E-state index contributed by atoms with van der Waals surface area (Å²) in [6, 6.07) is 5.93. The number of carbonyl (C=O) groups excluding carboxylic acids is 1. The number of likely N-dealkylation sites (N-methyl/N-ethyl adjacent to an activating group) is 1. The Labute approximate surface area is 135 Å². The van der Waals surface area contributed by atoms with Crippen molar-refractivity contribution < 1.29 is 4.79 Å². The third-order valence-electron chi connectivity index (χ3n) is 4.67. The third kappa shape index (κ3) is 2.73. The molecule has 118 valence electrons. The summed E-state index contributed by atoms with van der Waals surface area (Å²) >= 11 is 6.28. The number of rotatable bonds is 3. The molecule has 0 saturated carbocycles. The van der Waals surface area contributed by atoms with Crippen LogP contribution in [-0.4, -0.2) is 35.4 Å². The fourth-order valence-electron chi connectivity index (χ4n) is 3.38. The van der Waals surface area contributed by atoms with Crippen LogP contribution in [0.1, 0.15) is 30.5 Å². The molecule has 1 saturated heterocycles. The second-order valence-electron chi connectivity index (χ2n) is 5.99. The molecule has 0 bridgehead atoms. The maximum absolute atomic E-state index is 12.1. The predicted molar refractivity (Wildman–Crippen MR) is 90.2 cm³/mol. The molecular weight excluding hydrogens is 298 g/mol. The van der Waals surface area contributed by atoms with Gasteiger partial charge < -0.3 is 10.3 Å². The number of aryl methyl sites for hydroxylation is 1. The smallest absolute Gasteiger partial charge is 0.237 e. The van der Waals surface area contributed by atoms with E-state index in [9.17, 15) is 4.79 Å². The highest BCUT2D eigenvalue weighted by molar-refractivity contribution is 6.35. The van der Waals surface area contributed by atoms with Crippen molar-refractivity contribution in [3.05, 3.63) is 34.5 Å². The quantitative estimate of drug-likeness (QED) is 0.912. The van der Waals surface area contributed by atoms with Gasteiger partial charge >= 0.3 is 0 Å². The Balaban J connectivity index is 1.90. The number of likely N-dealkylation sites (tertiary alicyclic amines) is 1. The lowest BCUT2D eigenvalue weighted by Crippen LogP contribution is -2.48. The molecule has 1 aromatic heterocycles. The molecule has 1 aliphatic heterocycles. The standard InChI is InChI=1S/C17H22ClN3O/c1-11-12-6-5-7-13(18)16(12)20-14(11)10-21-9-4-3-8-15(21)17(22)19-2/h5-7,15,20H,3-4,8-10H2,1-2H3,(H,19,22)/t15-/m0/s1. The van der Waals surface area contributed by atoms with Crippen LogP contribution < -0.4 is 5.32 Å². The number of fused-ring (bicyclic) bond motifs is 1. The average molecular weight is 320 g/mol. The van der Waals surface area contributed by atoms with Crippen LogP contribution in [0.3, 0.4) is 0 Å². The summed E-state index contributed by atoms with van der Waals surface area (Å²) in [5.41, 5.74) is 3.36. The minimum Gasteiger partial charge on any atom is -0.358 e. The van der Waals surface area contributed by atoms with Gasteiger partial charge in [-0.1, -0.05) is 30.2 Å². The summed E-state index contributed by atoms with van der Waals surface area (Å²) in [6.07, 6.45) is 3.19. The first-order valence-corrected chi connectivity index (χ1v) is 8.21. The summed E-state index contributed by atoms with van der Waals surface area (Å²) in [5.74, 6) is 0.117. The monoisotopic (exact) mass is 319 g/mol. The molecule has 1 aromatic carbocycles. The van der Waals surface area contributed by atoms with Gasteiger partial charge in [-0.15, -0.1) is 0 Å². The van der Waals surface area contributed by atoms with Gasteiger partial charge in [0, 0.05) is 24.7 Å². The van der Waals surface area contributed by atoms with Crippen LogP contribution in [-0.2, 0) is 11.3 Å². The molecule has 22 heavy (non-hydrogen) atoms. The average Bonchev–Trinajstić information content (AvgIpc) is 2.85. The van der Waals surface area contributed by atoms with Gasteiger partial charge in [-0.3, -0.25) is 9.69 Å². The molecule has 5 heteroatoms. The van der Waals surface area contributed by atoms with Crippen LogP contribution in [0.2, 0.25) is 5.02 Å². The van der Waals surface area contributed by atoms with Crippen molar-refractivity contribution in [2.75, 3.05) is 13.6 Å². The maximum Gasteiger partial charge on any atom is 0.237 e. The summed E-state index contributed by atoms with van der Waals surface area (Å²) in [5, 5.41) is 4.70. The van der Waals surface area contributed by atoms with Crippen molar-refractivity contribution in [3.8, 4) is 0 Å². The van der Waals surface area contributed by atoms with Crippen LogP contribution in [0.4, 0.5) is 0 Å². The second kappa shape index (κ2) is 6.31. The van der Waals surface area contributed by atoms with Crippen molar-refractivity contribution in [2.24, 2.45) is 0 Å². The zero-order valence-corrected chi connectivity index (χ0v) is 13.8. The number of nitrogens with one attached hydrogen (secondary N) is 2. The van der Waals surface area contributed by atoms with Crippen molar-refractivity contribution in [1.82, 2.24) is 15.2 Å². The first kappa shape index (κ1) is 15.4. The summed E-state index contributed by atoms with van der Waals surface area (Å²) in [4.78, 5) is 17.8. The lowest BCUT2D eigenvalue weighted by molar-refractivity contribution is -0.127. The molecular formula is C17H22ClN3O. The summed E-state index contributed by atoms with van der Waals surface area (Å²) in [6.45, 7) is 3.83. The predicted octanol–water partition coefficient (Wildman–Crippen LogP) is 3.23. The topological polar surface area (TPSA) is 48.1 Å². The number of H-pyrrole nitrogens is 1. The molecule has 0 unspecified atom stereocenters. The van der Waals surface area contributed by atoms with Gasteiger partial charge in [-0.05, 0) is 37.9 Å². The number of halogens is 1. The van der Waals surface area contributed by atoms with Crippen LogP contribution in [0.5, 0.6) is 0 Å². The second-order valence-corrected chi connectivity index (χ2v) is 6.39. The zero-order chi connectivity index (χ0) is 15.7. The molecule has 2 aromatic rings. The normalized spacial score (nSPS) is 19.5. The van der Waals surface area contributed by atoms with Crippen molar-refractivity contribution in [1.29, 1.82) is 0 Å². The van der Waals surface area contributed by atoms with E-state index in [0.717, 1.165) is 54.0 Å². The first-order chi connectivity index (χ1) is 10.6. The molecule has 1 aliphatic rings. The highest BCUT2D eigenvalue weighted by Crippen LogP contribution is 2.29. The number of nitrogens with zero attached hydrogens (tertiary/aromatic N) is 1. The summed E-state index contributed by atoms with van der Waals surface area (Å²) in [7, 11) is 1.71. The van der Waals surface area contributed by atoms with Gasteiger partial charge in [0.25, 0.3) is 0 Å². The highest BCUT2D eigenvalue weighted by Gasteiger charge is 2.28. The Morgan fingerprint density at radius 2 is 2.27 bits per heavy atom. The molecule has 0 spiro atoms. The van der Waals surface area contributed by atoms with Gasteiger partial charge in [-0.2, -0.15) is 0 Å². The number of benzene rings is 1. The van der Waals surface area contributed by atoms with Gasteiger partial charge in [0.15, 0.2) is 0 Å². The molecule has 2 N–H and O–H groups in total. The van der Waals surface area contributed by atoms with Crippen LogP contribution in [0.25, 0.3) is 10.9 Å². The Morgan fingerprint density at radius 1 is 1.45 bits per heavy atom. The minimum absolute atomic E-state index is 0.0277. The van der Waals surface area contributed by atoms with Gasteiger partial charge in [0.2, 0.25) is 5.91 Å². The van der Waals surface area contributed by atoms with E-state index in [1.54, 1.807) is 7.05 Å². The molecule has 3 rings (SSSR count). The lowest BCUT2D eigenvalue weighted by atomic mass is 10.0. The SMILES string of the molecule is CNC(=O)[C@@H]1CCCCN1Cc1[nH]c2c(Cl)cccc2c1C. The third-order valence-corrected chi connectivity index (χ3v) is 4.99. The Morgan fingerprint density at radius 3 is 3.00 bits per heavy atom. The zero-order valence-electron chi connectivity index (χ0n) is 13.1. The van der Waals surface area contributed by atoms with Gasteiger partial charge in [0.05, 0.1) is 16.6 Å². The number of piperidine rings is 1. The van der Waals surface area contributed by atoms with E-state index in [0.29, 0.717) is 0 Å². The van der Waals surface area contributed by atoms with Crippen molar-refractivity contribution in [3.63, 3.8) is 0 Å². The van der Waals surface area contributed by atoms with Gasteiger partial charge in [0.1, 0.15) is 0 Å². The number of carbonyl (C=O) groups is 1. The first-order valence-electron chi connectivity index (χ1n) is 7.83. The Bertz CT molecular complexity index is 695. The van der Waals surface area contributed by atoms with Crippen molar-refractivity contribution in [2.45, 2.75) is 38.8 Å². The van der Waals surface area contributed by atoms with Crippen molar-refractivity contribution >= 4 is 28.4 Å². The fraction of sp³-hybridized carbons (Fsp3) is 0.471. The number of hydrogen-bond donors (Lipinski definition) is 2. The Hall–Kier alpha value is -1.52. The van der Waals surface area contributed by atoms with E-state index in [2.05, 4.69) is 28.2 Å². The molecule has 1 atom stereocenters. The van der Waals surface area contributed by atoms with Crippen LogP contribution in [0.15, 0.2) is 18.2 Å². The Kier molecular flexibility index (Phi) is 4.41. The van der Waals surface area contributed by atoms with E-state index in [1.165, 1.54) is 5.56 Å². The number of aromatic amines is 1. The van der Waals surface area contributed by atoms with Crippen LogP contribution >= 0.6 is 11.6 Å². The number of amides is 1. The van der Waals surface area contributed by atoms with Gasteiger partial charge in [-0.25, -0.2) is 0 Å². The molecule has 4 nitrogen and oxygen atoms in total. The number of hydrogen-bond acceptors (Lipinski definition) is 2. The number of para-hydroxylation sites is 1. The minimum atomic E-state index is -0.0277.